The number of carbonyl (C=O) groups excluding carboxylic acids is 1. The van der Waals surface area contributed by atoms with Gasteiger partial charge in [-0.15, -0.1) is 0 Å². The highest BCUT2D eigenvalue weighted by Crippen LogP contribution is 2.26. The zero-order chi connectivity index (χ0) is 13.2. The average molecular weight is 253 g/mol. The van der Waals surface area contributed by atoms with Gasteiger partial charge in [0, 0.05) is 11.3 Å². The Morgan fingerprint density at radius 1 is 1.11 bits per heavy atom. The molecule has 96 valence electrons. The fourth-order valence-electron chi connectivity index (χ4n) is 2.46. The molecule has 0 bridgehead atoms. The molecule has 2 aromatic rings. The van der Waals surface area contributed by atoms with Crippen molar-refractivity contribution in [3.05, 3.63) is 59.7 Å². The minimum atomic E-state index is -0.181. The highest BCUT2D eigenvalue weighted by molar-refractivity contribution is 6.02. The van der Waals surface area contributed by atoms with E-state index >= 15 is 0 Å². The lowest BCUT2D eigenvalue weighted by atomic mass is 9.93. The summed E-state index contributed by atoms with van der Waals surface area (Å²) in [5.74, 6) is 0.257. The van der Waals surface area contributed by atoms with Crippen molar-refractivity contribution < 1.29 is 9.90 Å². The molecule has 19 heavy (non-hydrogen) atoms. The number of rotatable bonds is 2. The van der Waals surface area contributed by atoms with Crippen molar-refractivity contribution in [1.82, 2.24) is 0 Å². The third kappa shape index (κ3) is 2.32. The molecule has 2 N–H and O–H groups in total. The molecule has 0 aromatic heterocycles. The van der Waals surface area contributed by atoms with Gasteiger partial charge < -0.3 is 10.4 Å². The summed E-state index contributed by atoms with van der Waals surface area (Å²) in [4.78, 5) is 12.4. The Hall–Kier alpha value is -2.29. The molecular formula is C16H15NO2. The number of ketones is 1. The van der Waals surface area contributed by atoms with Gasteiger partial charge in [-0.1, -0.05) is 18.2 Å². The van der Waals surface area contributed by atoms with Crippen LogP contribution in [0, 0.1) is 0 Å². The largest absolute Gasteiger partial charge is 0.508 e. The number of aryl methyl sites for hydroxylation is 1. The normalized spacial score (nSPS) is 17.4. The molecule has 2 aromatic carbocycles. The molecule has 1 unspecified atom stereocenters. The standard InChI is InChI=1S/C16H15NO2/c18-13-8-5-12(6-9-13)16(19)15-10-7-11-3-1-2-4-14(11)17-15/h1-6,8-9,15,17-18H,7,10H2. The van der Waals surface area contributed by atoms with Crippen LogP contribution in [-0.4, -0.2) is 16.9 Å². The summed E-state index contributed by atoms with van der Waals surface area (Å²) in [6.45, 7) is 0. The van der Waals surface area contributed by atoms with E-state index in [1.54, 1.807) is 24.3 Å². The van der Waals surface area contributed by atoms with Crippen molar-refractivity contribution in [3.8, 4) is 5.75 Å². The van der Waals surface area contributed by atoms with Crippen molar-refractivity contribution in [2.75, 3.05) is 5.32 Å². The number of para-hydroxylation sites is 1. The van der Waals surface area contributed by atoms with Gasteiger partial charge in [-0.25, -0.2) is 0 Å². The lowest BCUT2D eigenvalue weighted by molar-refractivity contribution is 0.0964. The summed E-state index contributed by atoms with van der Waals surface area (Å²) < 4.78 is 0. The van der Waals surface area contributed by atoms with Crippen LogP contribution >= 0.6 is 0 Å². The summed E-state index contributed by atoms with van der Waals surface area (Å²) in [5, 5.41) is 12.5. The quantitative estimate of drug-likeness (QED) is 0.809. The zero-order valence-corrected chi connectivity index (χ0v) is 10.5. The molecule has 0 fully saturated rings. The Morgan fingerprint density at radius 3 is 2.63 bits per heavy atom. The molecule has 1 atom stereocenters. The second-order valence-corrected chi connectivity index (χ2v) is 4.80. The summed E-state index contributed by atoms with van der Waals surface area (Å²) in [7, 11) is 0. The van der Waals surface area contributed by atoms with E-state index < -0.39 is 0 Å². The smallest absolute Gasteiger partial charge is 0.185 e. The first kappa shape index (κ1) is 11.8. The summed E-state index contributed by atoms with van der Waals surface area (Å²) in [6, 6.07) is 14.3. The summed E-state index contributed by atoms with van der Waals surface area (Å²) in [5.41, 5.74) is 2.94. The van der Waals surface area contributed by atoms with Gasteiger partial charge in [-0.05, 0) is 48.7 Å². The zero-order valence-electron chi connectivity index (χ0n) is 10.5. The second kappa shape index (κ2) is 4.76. The Morgan fingerprint density at radius 2 is 1.84 bits per heavy atom. The molecule has 3 rings (SSSR count). The Labute approximate surface area is 111 Å². The minimum Gasteiger partial charge on any atom is -0.508 e. The molecular weight excluding hydrogens is 238 g/mol. The molecule has 0 radical (unpaired) electrons. The van der Waals surface area contributed by atoms with Gasteiger partial charge >= 0.3 is 0 Å². The van der Waals surface area contributed by atoms with E-state index in [2.05, 4.69) is 11.4 Å². The van der Waals surface area contributed by atoms with Crippen LogP contribution in [0.2, 0.25) is 0 Å². The molecule has 0 saturated carbocycles. The maximum atomic E-state index is 12.4. The molecule has 0 spiro atoms. The minimum absolute atomic E-state index is 0.0782. The number of benzene rings is 2. The third-order valence-electron chi connectivity index (χ3n) is 3.52. The predicted octanol–water partition coefficient (Wildman–Crippen LogP) is 3.00. The molecule has 3 heteroatoms. The van der Waals surface area contributed by atoms with Crippen molar-refractivity contribution in [3.63, 3.8) is 0 Å². The first-order valence-corrected chi connectivity index (χ1v) is 6.42. The fourth-order valence-corrected chi connectivity index (χ4v) is 2.46. The van der Waals surface area contributed by atoms with E-state index in [1.165, 1.54) is 5.56 Å². The van der Waals surface area contributed by atoms with Gasteiger partial charge in [0.2, 0.25) is 0 Å². The molecule has 0 amide bonds. The number of aromatic hydroxyl groups is 1. The number of carbonyl (C=O) groups is 1. The van der Waals surface area contributed by atoms with E-state index in [-0.39, 0.29) is 17.6 Å². The molecule has 1 aliphatic rings. The van der Waals surface area contributed by atoms with Crippen LogP contribution in [0.15, 0.2) is 48.5 Å². The number of phenolic OH excluding ortho intramolecular Hbond substituents is 1. The van der Waals surface area contributed by atoms with E-state index in [0.29, 0.717) is 5.56 Å². The number of anilines is 1. The van der Waals surface area contributed by atoms with Gasteiger partial charge in [0.05, 0.1) is 6.04 Å². The Bertz CT molecular complexity index is 604. The van der Waals surface area contributed by atoms with Crippen molar-refractivity contribution >= 4 is 11.5 Å². The van der Waals surface area contributed by atoms with Crippen LogP contribution in [0.5, 0.6) is 5.75 Å². The first-order chi connectivity index (χ1) is 9.24. The number of nitrogens with one attached hydrogen (secondary N) is 1. The number of hydrogen-bond acceptors (Lipinski definition) is 3. The molecule has 3 nitrogen and oxygen atoms in total. The van der Waals surface area contributed by atoms with Crippen LogP contribution in [0.4, 0.5) is 5.69 Å². The van der Waals surface area contributed by atoms with E-state index in [9.17, 15) is 9.90 Å². The van der Waals surface area contributed by atoms with Gasteiger partial charge in [0.25, 0.3) is 0 Å². The number of fused-ring (bicyclic) bond motifs is 1. The highest BCUT2D eigenvalue weighted by Gasteiger charge is 2.24. The van der Waals surface area contributed by atoms with Crippen molar-refractivity contribution in [1.29, 1.82) is 0 Å². The lowest BCUT2D eigenvalue weighted by Gasteiger charge is -2.26. The highest BCUT2D eigenvalue weighted by atomic mass is 16.3. The molecule has 1 heterocycles. The van der Waals surface area contributed by atoms with Gasteiger partial charge in [0.1, 0.15) is 5.75 Å². The van der Waals surface area contributed by atoms with Crippen LogP contribution in [-0.2, 0) is 6.42 Å². The van der Waals surface area contributed by atoms with Crippen molar-refractivity contribution in [2.45, 2.75) is 18.9 Å². The molecule has 1 aliphatic heterocycles. The summed E-state index contributed by atoms with van der Waals surface area (Å²) >= 11 is 0. The van der Waals surface area contributed by atoms with Gasteiger partial charge in [-0.3, -0.25) is 4.79 Å². The van der Waals surface area contributed by atoms with E-state index in [1.807, 2.05) is 18.2 Å². The van der Waals surface area contributed by atoms with E-state index in [4.69, 9.17) is 0 Å². The maximum Gasteiger partial charge on any atom is 0.185 e. The topological polar surface area (TPSA) is 49.3 Å². The second-order valence-electron chi connectivity index (χ2n) is 4.80. The van der Waals surface area contributed by atoms with E-state index in [0.717, 1.165) is 18.5 Å². The third-order valence-corrected chi connectivity index (χ3v) is 3.52. The average Bonchev–Trinajstić information content (AvgIpc) is 2.47. The monoisotopic (exact) mass is 253 g/mol. The molecule has 0 saturated heterocycles. The van der Waals surface area contributed by atoms with Gasteiger partial charge in [0.15, 0.2) is 5.78 Å². The van der Waals surface area contributed by atoms with Crippen LogP contribution in [0.1, 0.15) is 22.3 Å². The Kier molecular flexibility index (Phi) is 2.95. The number of Topliss-reactive ketones (excluding diaryl/α,β-unsaturated/α-hetero) is 1. The summed E-state index contributed by atoms with van der Waals surface area (Å²) in [6.07, 6.45) is 1.72. The van der Waals surface area contributed by atoms with Crippen molar-refractivity contribution in [2.24, 2.45) is 0 Å². The maximum absolute atomic E-state index is 12.4. The lowest BCUT2D eigenvalue weighted by Crippen LogP contribution is -2.33. The van der Waals surface area contributed by atoms with Gasteiger partial charge in [-0.2, -0.15) is 0 Å². The van der Waals surface area contributed by atoms with Crippen LogP contribution in [0.3, 0.4) is 0 Å². The SMILES string of the molecule is O=C(c1ccc(O)cc1)C1CCc2ccccc2N1. The Balaban J connectivity index is 1.81. The number of hydrogen-bond donors (Lipinski definition) is 2. The predicted molar refractivity (Wildman–Crippen MR) is 74.6 cm³/mol. The van der Waals surface area contributed by atoms with Crippen LogP contribution in [0.25, 0.3) is 0 Å². The fraction of sp³-hybridized carbons (Fsp3) is 0.188. The molecule has 0 aliphatic carbocycles. The first-order valence-electron chi connectivity index (χ1n) is 6.42. The number of phenols is 1. The van der Waals surface area contributed by atoms with Crippen LogP contribution < -0.4 is 5.32 Å².